The van der Waals surface area contributed by atoms with E-state index < -0.39 is 23.9 Å². The van der Waals surface area contributed by atoms with Crippen LogP contribution in [0.15, 0.2) is 37.0 Å². The van der Waals surface area contributed by atoms with E-state index in [9.17, 15) is 14.4 Å². The van der Waals surface area contributed by atoms with E-state index in [1.54, 1.807) is 18.2 Å². The highest BCUT2D eigenvalue weighted by molar-refractivity contribution is 5.86. The maximum Gasteiger partial charge on any atom is 0.407 e. The lowest BCUT2D eigenvalue weighted by molar-refractivity contribution is -0.125. The first-order chi connectivity index (χ1) is 13.8. The van der Waals surface area contributed by atoms with Gasteiger partial charge in [-0.05, 0) is 24.8 Å². The van der Waals surface area contributed by atoms with E-state index in [1.165, 1.54) is 6.42 Å². The number of nitrogens with one attached hydrogen (secondary N) is 2. The van der Waals surface area contributed by atoms with Gasteiger partial charge in [0.2, 0.25) is 11.8 Å². The number of hydrogen-bond acceptors (Lipinski definition) is 5. The molecule has 1 atom stereocenters. The summed E-state index contributed by atoms with van der Waals surface area (Å²) in [5.74, 6) is -1.05. The predicted molar refractivity (Wildman–Crippen MR) is 119 cm³/mol. The van der Waals surface area contributed by atoms with E-state index in [4.69, 9.17) is 16.2 Å². The number of allylic oxidation sites excluding steroid dienone is 2. The third-order valence-electron chi connectivity index (χ3n) is 2.95. The Hall–Kier alpha value is -2.61. The molecule has 1 unspecified atom stereocenters. The van der Waals surface area contributed by atoms with Crippen LogP contribution in [-0.4, -0.2) is 43.6 Å². The molecular weight excluding hydrogens is 372 g/mol. The molecule has 3 amide bonds. The van der Waals surface area contributed by atoms with Gasteiger partial charge in [0.15, 0.2) is 0 Å². The number of amides is 3. The molecule has 168 valence electrons. The minimum absolute atomic E-state index is 0.117. The number of rotatable bonds is 12. The summed E-state index contributed by atoms with van der Waals surface area (Å²) in [7, 11) is 0. The van der Waals surface area contributed by atoms with Crippen molar-refractivity contribution in [1.82, 2.24) is 10.6 Å². The Bertz CT molecular complexity index is 505. The van der Waals surface area contributed by atoms with Gasteiger partial charge >= 0.3 is 6.09 Å². The average molecular weight is 413 g/mol. The third kappa shape index (κ3) is 23.4. The van der Waals surface area contributed by atoms with Gasteiger partial charge in [-0.3, -0.25) is 9.59 Å². The minimum atomic E-state index is -0.713. The van der Waals surface area contributed by atoms with Crippen LogP contribution in [0.1, 0.15) is 53.4 Å². The first kappa shape index (κ1) is 31.1. The zero-order chi connectivity index (χ0) is 23.1. The fourth-order valence-corrected chi connectivity index (χ4v) is 1.64. The molecule has 0 aliphatic carbocycles. The van der Waals surface area contributed by atoms with Crippen molar-refractivity contribution in [1.29, 1.82) is 0 Å². The van der Waals surface area contributed by atoms with Crippen LogP contribution in [0.3, 0.4) is 0 Å². The van der Waals surface area contributed by atoms with Gasteiger partial charge < -0.3 is 26.8 Å². The van der Waals surface area contributed by atoms with Crippen molar-refractivity contribution in [3.05, 3.63) is 37.0 Å². The minimum Gasteiger partial charge on any atom is -0.445 e. The highest BCUT2D eigenvalue weighted by Crippen LogP contribution is 2.00. The van der Waals surface area contributed by atoms with E-state index in [0.717, 1.165) is 5.57 Å². The molecule has 0 aliphatic heterocycles. The molecule has 8 heteroatoms. The number of alkyl carbamates (subject to hydrolysis) is 1. The Morgan fingerprint density at radius 3 is 2.17 bits per heavy atom. The first-order valence-corrected chi connectivity index (χ1v) is 9.98. The highest BCUT2D eigenvalue weighted by atomic mass is 16.5. The molecule has 0 aromatic carbocycles. The quantitative estimate of drug-likeness (QED) is 0.288. The number of carbonyl (C=O) groups is 3. The Morgan fingerprint density at radius 1 is 1.10 bits per heavy atom. The van der Waals surface area contributed by atoms with Crippen molar-refractivity contribution < 1.29 is 19.1 Å². The van der Waals surface area contributed by atoms with Gasteiger partial charge in [0, 0.05) is 6.54 Å². The smallest absolute Gasteiger partial charge is 0.407 e. The van der Waals surface area contributed by atoms with Gasteiger partial charge in [0.1, 0.15) is 6.61 Å². The van der Waals surface area contributed by atoms with Gasteiger partial charge in [-0.1, -0.05) is 65.5 Å². The summed E-state index contributed by atoms with van der Waals surface area (Å²) in [4.78, 5) is 33.5. The van der Waals surface area contributed by atoms with Crippen molar-refractivity contribution in [2.75, 3.05) is 19.7 Å². The topological polar surface area (TPSA) is 137 Å². The maximum atomic E-state index is 11.5. The highest BCUT2D eigenvalue weighted by Gasteiger charge is 2.13. The standard InChI is InChI=1S/C16H26N4O4.C3H8.C2H6/c1-3-7-12(4-2)11-24-16(23)19-9-6-5-8-13(17)15(22)20-10-14(18)21;1-3-2;1-2/h3-4,7,13H,1-2,5-6,8-11,17H2,(H2,18,21)(H,19,23)(H,20,22);3H2,1-2H3;1-2H3/b12-7+;;. The van der Waals surface area contributed by atoms with Crippen LogP contribution >= 0.6 is 0 Å². The van der Waals surface area contributed by atoms with Crippen molar-refractivity contribution in [3.8, 4) is 0 Å². The Labute approximate surface area is 175 Å². The van der Waals surface area contributed by atoms with Gasteiger partial charge in [-0.25, -0.2) is 4.79 Å². The number of carbonyl (C=O) groups excluding carboxylic acids is 3. The molecule has 0 saturated heterocycles. The van der Waals surface area contributed by atoms with Crippen molar-refractivity contribution >= 4 is 17.9 Å². The molecular formula is C21H40N4O4. The van der Waals surface area contributed by atoms with Crippen LogP contribution in [-0.2, 0) is 14.3 Å². The average Bonchev–Trinajstić information content (AvgIpc) is 2.70. The van der Waals surface area contributed by atoms with E-state index in [1.807, 2.05) is 13.8 Å². The second-order valence-electron chi connectivity index (χ2n) is 5.68. The largest absolute Gasteiger partial charge is 0.445 e. The van der Waals surface area contributed by atoms with Crippen LogP contribution < -0.4 is 22.1 Å². The lowest BCUT2D eigenvalue weighted by Crippen LogP contribution is -2.43. The summed E-state index contributed by atoms with van der Waals surface area (Å²) >= 11 is 0. The molecule has 0 aromatic heterocycles. The Kier molecular flexibility index (Phi) is 25.1. The molecule has 0 bridgehead atoms. The van der Waals surface area contributed by atoms with Crippen molar-refractivity contribution in [2.45, 2.75) is 59.4 Å². The fraction of sp³-hybridized carbons (Fsp3) is 0.571. The molecule has 0 rings (SSSR count). The summed E-state index contributed by atoms with van der Waals surface area (Å²) in [5.41, 5.74) is 11.3. The van der Waals surface area contributed by atoms with Crippen LogP contribution in [0, 0.1) is 0 Å². The SMILES string of the molecule is C=C/C=C(\C=C)COC(=O)NCCCCC(N)C(=O)NCC(N)=O.CC.CCC. The number of nitrogens with two attached hydrogens (primary N) is 2. The summed E-state index contributed by atoms with van der Waals surface area (Å²) in [6, 6.07) is -0.713. The Morgan fingerprint density at radius 2 is 1.69 bits per heavy atom. The molecule has 0 radical (unpaired) electrons. The molecule has 0 fully saturated rings. The summed E-state index contributed by atoms with van der Waals surface area (Å²) in [5, 5.41) is 4.93. The van der Waals surface area contributed by atoms with Crippen molar-refractivity contribution in [2.24, 2.45) is 11.5 Å². The van der Waals surface area contributed by atoms with E-state index in [-0.39, 0.29) is 13.2 Å². The van der Waals surface area contributed by atoms with E-state index >= 15 is 0 Å². The van der Waals surface area contributed by atoms with Gasteiger partial charge in [-0.2, -0.15) is 0 Å². The fourth-order valence-electron chi connectivity index (χ4n) is 1.64. The first-order valence-electron chi connectivity index (χ1n) is 9.98. The van der Waals surface area contributed by atoms with Crippen LogP contribution in [0.2, 0.25) is 0 Å². The number of unbranched alkanes of at least 4 members (excludes halogenated alkanes) is 1. The lowest BCUT2D eigenvalue weighted by Gasteiger charge is -2.11. The molecule has 29 heavy (non-hydrogen) atoms. The molecule has 0 aliphatic rings. The zero-order valence-electron chi connectivity index (χ0n) is 18.5. The molecule has 6 N–H and O–H groups in total. The number of ether oxygens (including phenoxy) is 1. The molecule has 0 heterocycles. The number of primary amides is 1. The van der Waals surface area contributed by atoms with Gasteiger partial charge in [0.05, 0.1) is 12.6 Å². The summed E-state index contributed by atoms with van der Waals surface area (Å²) in [6.07, 6.45) is 7.30. The van der Waals surface area contributed by atoms with Gasteiger partial charge in [0.25, 0.3) is 0 Å². The van der Waals surface area contributed by atoms with Crippen LogP contribution in [0.4, 0.5) is 4.79 Å². The zero-order valence-corrected chi connectivity index (χ0v) is 18.5. The van der Waals surface area contributed by atoms with Crippen LogP contribution in [0.25, 0.3) is 0 Å². The van der Waals surface area contributed by atoms with E-state index in [2.05, 4.69) is 37.6 Å². The maximum absolute atomic E-state index is 11.5. The Balaban J connectivity index is -0.00000123. The van der Waals surface area contributed by atoms with Gasteiger partial charge in [-0.15, -0.1) is 0 Å². The summed E-state index contributed by atoms with van der Waals surface area (Å²) < 4.78 is 5.00. The van der Waals surface area contributed by atoms with Crippen LogP contribution in [0.5, 0.6) is 0 Å². The number of hydrogen-bond donors (Lipinski definition) is 4. The second-order valence-corrected chi connectivity index (χ2v) is 5.68. The predicted octanol–water partition coefficient (Wildman–Crippen LogP) is 2.55. The molecule has 0 aromatic rings. The van der Waals surface area contributed by atoms with E-state index in [0.29, 0.717) is 25.8 Å². The second kappa shape index (κ2) is 23.4. The third-order valence-corrected chi connectivity index (χ3v) is 2.95. The summed E-state index contributed by atoms with van der Waals surface area (Å²) in [6.45, 7) is 15.7. The molecule has 0 spiro atoms. The monoisotopic (exact) mass is 412 g/mol. The normalized spacial score (nSPS) is 10.7. The molecule has 8 nitrogen and oxygen atoms in total. The van der Waals surface area contributed by atoms with Crippen molar-refractivity contribution in [3.63, 3.8) is 0 Å². The molecule has 0 saturated carbocycles. The lowest BCUT2D eigenvalue weighted by atomic mass is 10.1.